The van der Waals surface area contributed by atoms with Crippen LogP contribution in [0.5, 0.6) is 0 Å². The van der Waals surface area contributed by atoms with Crippen molar-refractivity contribution in [1.29, 1.82) is 0 Å². The standard InChI is InChI=1S/C7H11N3.C2H6/c1-6-8-4-7(5-9-6)10(2)3;1-2/h4-5H,1-3H3;1-2H3. The van der Waals surface area contributed by atoms with Crippen LogP contribution in [0.15, 0.2) is 12.4 Å². The third kappa shape index (κ3) is 3.32. The molecule has 0 spiro atoms. The van der Waals surface area contributed by atoms with Crippen LogP contribution in [-0.2, 0) is 0 Å². The second-order valence-corrected chi connectivity index (χ2v) is 2.38. The van der Waals surface area contributed by atoms with Gasteiger partial charge in [0.25, 0.3) is 0 Å². The fraction of sp³-hybridized carbons (Fsp3) is 0.556. The van der Waals surface area contributed by atoms with E-state index in [0.29, 0.717) is 0 Å². The molecule has 1 aromatic rings. The molecule has 0 atom stereocenters. The van der Waals surface area contributed by atoms with E-state index in [1.807, 2.05) is 52.2 Å². The molecule has 3 heteroatoms. The van der Waals surface area contributed by atoms with Crippen molar-refractivity contribution in [1.82, 2.24) is 9.97 Å². The number of hydrogen-bond acceptors (Lipinski definition) is 3. The van der Waals surface area contributed by atoms with Crippen LogP contribution in [0.2, 0.25) is 0 Å². The molecule has 0 saturated carbocycles. The Labute approximate surface area is 74.5 Å². The van der Waals surface area contributed by atoms with Gasteiger partial charge in [-0.15, -0.1) is 0 Å². The van der Waals surface area contributed by atoms with Gasteiger partial charge in [-0.25, -0.2) is 9.97 Å². The van der Waals surface area contributed by atoms with Crippen molar-refractivity contribution in [3.8, 4) is 0 Å². The van der Waals surface area contributed by atoms with E-state index in [9.17, 15) is 0 Å². The summed E-state index contributed by atoms with van der Waals surface area (Å²) < 4.78 is 0. The minimum atomic E-state index is 0.811. The Morgan fingerprint density at radius 1 is 1.08 bits per heavy atom. The Bertz CT molecular complexity index is 204. The van der Waals surface area contributed by atoms with E-state index in [-0.39, 0.29) is 0 Å². The van der Waals surface area contributed by atoms with E-state index in [1.54, 1.807) is 0 Å². The largest absolute Gasteiger partial charge is 0.375 e. The summed E-state index contributed by atoms with van der Waals surface area (Å²) in [5.41, 5.74) is 1.03. The third-order valence-corrected chi connectivity index (χ3v) is 1.28. The molecule has 0 aliphatic heterocycles. The number of nitrogens with zero attached hydrogens (tertiary/aromatic N) is 3. The fourth-order valence-corrected chi connectivity index (χ4v) is 0.617. The molecule has 0 aromatic carbocycles. The summed E-state index contributed by atoms with van der Waals surface area (Å²) in [5.74, 6) is 0.811. The molecular formula is C9H17N3. The number of aromatic nitrogens is 2. The molecule has 68 valence electrons. The maximum atomic E-state index is 4.05. The number of hydrogen-bond donors (Lipinski definition) is 0. The molecule has 0 bridgehead atoms. The van der Waals surface area contributed by atoms with Gasteiger partial charge in [-0.1, -0.05) is 13.8 Å². The minimum Gasteiger partial charge on any atom is -0.375 e. The molecule has 1 aromatic heterocycles. The third-order valence-electron chi connectivity index (χ3n) is 1.28. The number of aryl methyl sites for hydroxylation is 1. The van der Waals surface area contributed by atoms with Crippen LogP contribution in [0.4, 0.5) is 5.69 Å². The summed E-state index contributed by atoms with van der Waals surface area (Å²) in [4.78, 5) is 10.1. The highest BCUT2D eigenvalue weighted by Gasteiger charge is 1.93. The molecule has 1 rings (SSSR count). The average Bonchev–Trinajstić information content (AvgIpc) is 2.09. The van der Waals surface area contributed by atoms with Gasteiger partial charge in [0.1, 0.15) is 5.82 Å². The molecule has 0 N–H and O–H groups in total. The van der Waals surface area contributed by atoms with Gasteiger partial charge in [0, 0.05) is 14.1 Å². The van der Waals surface area contributed by atoms with Crippen molar-refractivity contribution >= 4 is 5.69 Å². The van der Waals surface area contributed by atoms with E-state index in [4.69, 9.17) is 0 Å². The minimum absolute atomic E-state index is 0.811. The lowest BCUT2D eigenvalue weighted by molar-refractivity contribution is 1.01. The number of anilines is 1. The molecule has 0 aliphatic carbocycles. The maximum Gasteiger partial charge on any atom is 0.125 e. The Balaban J connectivity index is 0.000000561. The predicted octanol–water partition coefficient (Wildman–Crippen LogP) is 1.88. The zero-order valence-electron chi connectivity index (χ0n) is 8.50. The lowest BCUT2D eigenvalue weighted by Gasteiger charge is -2.09. The Hall–Kier alpha value is -1.12. The first-order valence-corrected chi connectivity index (χ1v) is 4.16. The highest BCUT2D eigenvalue weighted by atomic mass is 15.1. The first kappa shape index (κ1) is 10.9. The first-order chi connectivity index (χ1) is 5.70. The zero-order chi connectivity index (χ0) is 9.56. The fourth-order valence-electron chi connectivity index (χ4n) is 0.617. The lowest BCUT2D eigenvalue weighted by Crippen LogP contribution is -2.09. The molecule has 0 fully saturated rings. The van der Waals surface area contributed by atoms with Crippen molar-refractivity contribution in [2.75, 3.05) is 19.0 Å². The topological polar surface area (TPSA) is 29.0 Å². The van der Waals surface area contributed by atoms with Gasteiger partial charge in [0.15, 0.2) is 0 Å². The second kappa shape index (κ2) is 5.52. The zero-order valence-corrected chi connectivity index (χ0v) is 8.50. The average molecular weight is 167 g/mol. The van der Waals surface area contributed by atoms with Crippen LogP contribution >= 0.6 is 0 Å². The van der Waals surface area contributed by atoms with E-state index >= 15 is 0 Å². The maximum absolute atomic E-state index is 4.05. The molecule has 0 saturated heterocycles. The number of rotatable bonds is 1. The molecule has 12 heavy (non-hydrogen) atoms. The van der Waals surface area contributed by atoms with Gasteiger partial charge in [0.2, 0.25) is 0 Å². The van der Waals surface area contributed by atoms with E-state index in [2.05, 4.69) is 9.97 Å². The van der Waals surface area contributed by atoms with Crippen molar-refractivity contribution in [3.05, 3.63) is 18.2 Å². The summed E-state index contributed by atoms with van der Waals surface area (Å²) in [6.45, 7) is 5.87. The normalized spacial score (nSPS) is 8.42. The predicted molar refractivity (Wildman–Crippen MR) is 52.4 cm³/mol. The van der Waals surface area contributed by atoms with Gasteiger partial charge >= 0.3 is 0 Å². The van der Waals surface area contributed by atoms with Crippen LogP contribution in [-0.4, -0.2) is 24.1 Å². The smallest absolute Gasteiger partial charge is 0.125 e. The quantitative estimate of drug-likeness (QED) is 0.639. The van der Waals surface area contributed by atoms with E-state index in [1.165, 1.54) is 0 Å². The molecule has 0 unspecified atom stereocenters. The first-order valence-electron chi connectivity index (χ1n) is 4.16. The van der Waals surface area contributed by atoms with E-state index in [0.717, 1.165) is 11.5 Å². The van der Waals surface area contributed by atoms with Crippen molar-refractivity contribution in [3.63, 3.8) is 0 Å². The molecular weight excluding hydrogens is 150 g/mol. The monoisotopic (exact) mass is 167 g/mol. The van der Waals surface area contributed by atoms with Crippen molar-refractivity contribution < 1.29 is 0 Å². The van der Waals surface area contributed by atoms with Crippen molar-refractivity contribution in [2.45, 2.75) is 20.8 Å². The summed E-state index contributed by atoms with van der Waals surface area (Å²) >= 11 is 0. The molecule has 0 amide bonds. The second-order valence-electron chi connectivity index (χ2n) is 2.38. The molecule has 1 heterocycles. The lowest BCUT2D eigenvalue weighted by atomic mass is 10.5. The van der Waals surface area contributed by atoms with Crippen molar-refractivity contribution in [2.24, 2.45) is 0 Å². The van der Waals surface area contributed by atoms with Gasteiger partial charge in [-0.3, -0.25) is 0 Å². The van der Waals surface area contributed by atoms with Gasteiger partial charge in [0.05, 0.1) is 18.1 Å². The summed E-state index contributed by atoms with van der Waals surface area (Å²) in [6.07, 6.45) is 3.62. The summed E-state index contributed by atoms with van der Waals surface area (Å²) in [7, 11) is 3.93. The Kier molecular flexibility index (Phi) is 5.00. The van der Waals surface area contributed by atoms with E-state index < -0.39 is 0 Å². The molecule has 0 radical (unpaired) electrons. The highest BCUT2D eigenvalue weighted by Crippen LogP contribution is 2.04. The van der Waals surface area contributed by atoms with Crippen LogP contribution in [0.25, 0.3) is 0 Å². The van der Waals surface area contributed by atoms with Crippen LogP contribution in [0.1, 0.15) is 19.7 Å². The van der Waals surface area contributed by atoms with Crippen LogP contribution in [0, 0.1) is 6.92 Å². The molecule has 0 aliphatic rings. The van der Waals surface area contributed by atoms with Gasteiger partial charge in [-0.2, -0.15) is 0 Å². The summed E-state index contributed by atoms with van der Waals surface area (Å²) in [6, 6.07) is 0. The Morgan fingerprint density at radius 3 is 1.83 bits per heavy atom. The summed E-state index contributed by atoms with van der Waals surface area (Å²) in [5, 5.41) is 0. The van der Waals surface area contributed by atoms with Crippen LogP contribution in [0.3, 0.4) is 0 Å². The van der Waals surface area contributed by atoms with Crippen LogP contribution < -0.4 is 4.90 Å². The molecule has 3 nitrogen and oxygen atoms in total. The van der Waals surface area contributed by atoms with Gasteiger partial charge < -0.3 is 4.90 Å². The SMILES string of the molecule is CC.Cc1ncc(N(C)C)cn1. The highest BCUT2D eigenvalue weighted by molar-refractivity contribution is 5.39. The van der Waals surface area contributed by atoms with Gasteiger partial charge in [-0.05, 0) is 6.92 Å². The Morgan fingerprint density at radius 2 is 1.50 bits per heavy atom.